The van der Waals surface area contributed by atoms with E-state index in [-0.39, 0.29) is 16.9 Å². The van der Waals surface area contributed by atoms with Crippen molar-refractivity contribution in [3.63, 3.8) is 0 Å². The Kier molecular flexibility index (Phi) is 3.29. The monoisotopic (exact) mass is 296 g/mol. The van der Waals surface area contributed by atoms with Crippen molar-refractivity contribution in [2.45, 2.75) is 24.5 Å². The normalized spacial score (nSPS) is 29.1. The molecule has 10 nitrogen and oxygen atoms in total. The molecule has 0 bridgehead atoms. The number of pyridine rings is 1. The first-order valence-electron chi connectivity index (χ1n) is 6.13. The van der Waals surface area contributed by atoms with Crippen LogP contribution in [-0.4, -0.2) is 59.7 Å². The number of aliphatic hydroxyl groups is 3. The summed E-state index contributed by atoms with van der Waals surface area (Å²) in [5.74, 6) is 0. The topological polar surface area (TPSA) is 144 Å². The van der Waals surface area contributed by atoms with Crippen LogP contribution >= 0.6 is 0 Å². The Labute approximate surface area is 117 Å². The van der Waals surface area contributed by atoms with E-state index in [0.717, 1.165) is 0 Å². The van der Waals surface area contributed by atoms with Crippen molar-refractivity contribution in [2.75, 3.05) is 6.61 Å². The number of aliphatic hydroxyl groups excluding tert-OH is 3. The summed E-state index contributed by atoms with van der Waals surface area (Å²) in [6.45, 7) is -0.463. The Balaban J connectivity index is 2.06. The van der Waals surface area contributed by atoms with Gasteiger partial charge in [-0.05, 0) is 0 Å². The number of ether oxygens (including phenoxy) is 1. The summed E-state index contributed by atoms with van der Waals surface area (Å²) in [5, 5.41) is 39.7. The molecular weight excluding hydrogens is 284 g/mol. The molecule has 0 aliphatic carbocycles. The highest BCUT2D eigenvalue weighted by Gasteiger charge is 2.44. The third-order valence-electron chi connectivity index (χ3n) is 3.43. The number of aromatic nitrogens is 3. The molecule has 3 rings (SSSR count). The predicted molar refractivity (Wildman–Crippen MR) is 67.2 cm³/mol. The third kappa shape index (κ3) is 2.05. The summed E-state index contributed by atoms with van der Waals surface area (Å²) < 4.78 is 6.65. The lowest BCUT2D eigenvalue weighted by molar-refractivity contribution is -0.383. The molecule has 0 amide bonds. The molecule has 3 N–H and O–H groups in total. The van der Waals surface area contributed by atoms with Crippen LogP contribution in [0.4, 0.5) is 5.69 Å². The first-order valence-corrected chi connectivity index (χ1v) is 6.13. The fourth-order valence-corrected chi connectivity index (χ4v) is 2.36. The number of hydrogen-bond donors (Lipinski definition) is 3. The maximum absolute atomic E-state index is 10.9. The number of hydrogen-bond acceptors (Lipinski definition) is 8. The first-order chi connectivity index (χ1) is 10.0. The van der Waals surface area contributed by atoms with E-state index in [1.807, 2.05) is 0 Å². The number of fused-ring (bicyclic) bond motifs is 1. The van der Waals surface area contributed by atoms with E-state index in [9.17, 15) is 20.3 Å². The van der Waals surface area contributed by atoms with Crippen LogP contribution in [0.3, 0.4) is 0 Å². The molecule has 0 aromatic carbocycles. The van der Waals surface area contributed by atoms with Crippen LogP contribution in [0, 0.1) is 10.1 Å². The van der Waals surface area contributed by atoms with E-state index in [1.165, 1.54) is 23.2 Å². The lowest BCUT2D eigenvalue weighted by atomic mass is 10.1. The van der Waals surface area contributed by atoms with Crippen LogP contribution < -0.4 is 0 Å². The Bertz CT molecular complexity index is 688. The van der Waals surface area contributed by atoms with Gasteiger partial charge in [0.1, 0.15) is 18.3 Å². The first kappa shape index (κ1) is 13.8. The van der Waals surface area contributed by atoms with Gasteiger partial charge in [0.05, 0.1) is 17.9 Å². The van der Waals surface area contributed by atoms with E-state index in [4.69, 9.17) is 9.84 Å². The van der Waals surface area contributed by atoms with Crippen molar-refractivity contribution in [1.29, 1.82) is 0 Å². The zero-order valence-electron chi connectivity index (χ0n) is 10.6. The van der Waals surface area contributed by atoms with Crippen molar-refractivity contribution < 1.29 is 25.0 Å². The lowest BCUT2D eigenvalue weighted by Crippen LogP contribution is -2.33. The van der Waals surface area contributed by atoms with Gasteiger partial charge in [0, 0.05) is 12.3 Å². The molecule has 3 heterocycles. The molecule has 1 saturated heterocycles. The van der Waals surface area contributed by atoms with E-state index in [0.29, 0.717) is 0 Å². The lowest BCUT2D eigenvalue weighted by Gasteiger charge is -2.16. The molecule has 2 aromatic rings. The third-order valence-corrected chi connectivity index (χ3v) is 3.43. The van der Waals surface area contributed by atoms with Crippen molar-refractivity contribution in [2.24, 2.45) is 0 Å². The second-order valence-electron chi connectivity index (χ2n) is 4.64. The molecule has 1 unspecified atom stereocenters. The molecule has 0 spiro atoms. The van der Waals surface area contributed by atoms with Gasteiger partial charge in [-0.2, -0.15) is 0 Å². The van der Waals surface area contributed by atoms with Crippen molar-refractivity contribution in [1.82, 2.24) is 14.5 Å². The molecule has 112 valence electrons. The molecule has 1 fully saturated rings. The minimum absolute atomic E-state index is 0.0558. The standard InChI is InChI=1S/C11H12N4O6/c16-3-6-8(17)9(18)11(21-6)14-4-13-7-5(15(19)20)1-2-12-10(7)14/h1-2,4,6,8-9,11,16-18H,3H2/t6-,8-,9-,11?/m1/s1. The highest BCUT2D eigenvalue weighted by molar-refractivity contribution is 5.81. The minimum Gasteiger partial charge on any atom is -0.394 e. The number of rotatable bonds is 3. The van der Waals surface area contributed by atoms with Crippen LogP contribution in [-0.2, 0) is 4.74 Å². The molecular formula is C11H12N4O6. The fraction of sp³-hybridized carbons (Fsp3) is 0.455. The van der Waals surface area contributed by atoms with Gasteiger partial charge in [0.25, 0.3) is 5.69 Å². The highest BCUT2D eigenvalue weighted by Crippen LogP contribution is 2.32. The van der Waals surface area contributed by atoms with E-state index in [2.05, 4.69) is 9.97 Å². The number of nitrogens with zero attached hydrogens (tertiary/aromatic N) is 4. The van der Waals surface area contributed by atoms with Gasteiger partial charge in [-0.1, -0.05) is 0 Å². The zero-order valence-corrected chi connectivity index (χ0v) is 10.6. The Morgan fingerprint density at radius 2 is 2.14 bits per heavy atom. The van der Waals surface area contributed by atoms with Crippen LogP contribution in [0.15, 0.2) is 18.6 Å². The van der Waals surface area contributed by atoms with Crippen molar-refractivity contribution in [3.8, 4) is 0 Å². The van der Waals surface area contributed by atoms with Crippen molar-refractivity contribution >= 4 is 16.9 Å². The molecule has 4 atom stereocenters. The van der Waals surface area contributed by atoms with Crippen LogP contribution in [0.2, 0.25) is 0 Å². The molecule has 21 heavy (non-hydrogen) atoms. The molecule has 1 aliphatic heterocycles. The van der Waals surface area contributed by atoms with Gasteiger partial charge in [-0.15, -0.1) is 0 Å². The minimum atomic E-state index is -1.30. The number of imidazole rings is 1. The summed E-state index contributed by atoms with van der Waals surface area (Å²) in [5.41, 5.74) is -0.00947. The quantitative estimate of drug-likeness (QED) is 0.481. The maximum Gasteiger partial charge on any atom is 0.300 e. The van der Waals surface area contributed by atoms with Gasteiger partial charge in [-0.3, -0.25) is 14.7 Å². The van der Waals surface area contributed by atoms with Crippen LogP contribution in [0.5, 0.6) is 0 Å². The summed E-state index contributed by atoms with van der Waals surface area (Å²) >= 11 is 0. The molecule has 0 radical (unpaired) electrons. The SMILES string of the molecule is O=[N+]([O-])c1ccnc2c1ncn2C1O[C@H](CO)[C@@H](O)[C@H]1O. The van der Waals surface area contributed by atoms with Gasteiger partial charge in [-0.25, -0.2) is 9.97 Å². The Morgan fingerprint density at radius 3 is 2.76 bits per heavy atom. The molecule has 10 heteroatoms. The Hall–Kier alpha value is -2.14. The second-order valence-corrected chi connectivity index (χ2v) is 4.64. The second kappa shape index (κ2) is 5.00. The summed E-state index contributed by atoms with van der Waals surface area (Å²) in [6.07, 6.45) is -2.06. The van der Waals surface area contributed by atoms with E-state index < -0.39 is 36.1 Å². The summed E-state index contributed by atoms with van der Waals surface area (Å²) in [6, 6.07) is 1.22. The fourth-order valence-electron chi connectivity index (χ4n) is 2.36. The average Bonchev–Trinajstić information content (AvgIpc) is 3.01. The van der Waals surface area contributed by atoms with Gasteiger partial charge < -0.3 is 20.1 Å². The average molecular weight is 296 g/mol. The van der Waals surface area contributed by atoms with E-state index >= 15 is 0 Å². The number of nitro groups is 1. The van der Waals surface area contributed by atoms with Crippen molar-refractivity contribution in [3.05, 3.63) is 28.7 Å². The zero-order chi connectivity index (χ0) is 15.1. The smallest absolute Gasteiger partial charge is 0.300 e. The molecule has 2 aromatic heterocycles. The Morgan fingerprint density at radius 1 is 1.38 bits per heavy atom. The summed E-state index contributed by atoms with van der Waals surface area (Å²) in [4.78, 5) is 18.3. The summed E-state index contributed by atoms with van der Waals surface area (Å²) in [7, 11) is 0. The van der Waals surface area contributed by atoms with Crippen LogP contribution in [0.25, 0.3) is 11.2 Å². The maximum atomic E-state index is 10.9. The van der Waals surface area contributed by atoms with Gasteiger partial charge in [0.2, 0.25) is 0 Å². The predicted octanol–water partition coefficient (Wildman–Crippen LogP) is -1.05. The van der Waals surface area contributed by atoms with E-state index in [1.54, 1.807) is 0 Å². The molecule has 1 aliphatic rings. The largest absolute Gasteiger partial charge is 0.394 e. The van der Waals surface area contributed by atoms with Gasteiger partial charge in [0.15, 0.2) is 17.4 Å². The van der Waals surface area contributed by atoms with Crippen LogP contribution in [0.1, 0.15) is 6.23 Å². The highest BCUT2D eigenvalue weighted by atomic mass is 16.6. The molecule has 0 saturated carbocycles. The van der Waals surface area contributed by atoms with Gasteiger partial charge >= 0.3 is 0 Å².